The SMILES string of the molecule is CC.Cc1cccc(-c2nnc3c4ccccc4c4ccccc4n23)c1. The first-order valence-electron chi connectivity index (χ1n) is 9.04. The minimum Gasteiger partial charge on any atom is -0.274 e. The zero-order valence-electron chi connectivity index (χ0n) is 15.3. The second-order valence-corrected chi connectivity index (χ2v) is 6.11. The standard InChI is InChI=1S/C21H15N3.C2H6/c1-14-7-6-8-15(13-14)20-22-23-21-18-11-3-2-9-16(18)17-10-4-5-12-19(17)24(20)21;1-2/h2-13H,1H3;1-2H3. The average Bonchev–Trinajstić information content (AvgIpc) is 3.15. The molecule has 26 heavy (non-hydrogen) atoms. The summed E-state index contributed by atoms with van der Waals surface area (Å²) in [6.45, 7) is 6.10. The van der Waals surface area contributed by atoms with E-state index in [1.54, 1.807) is 0 Å². The summed E-state index contributed by atoms with van der Waals surface area (Å²) in [5.74, 6) is 0.885. The molecule has 0 bridgehead atoms. The van der Waals surface area contributed by atoms with Crippen molar-refractivity contribution < 1.29 is 0 Å². The lowest BCUT2D eigenvalue weighted by Gasteiger charge is -2.09. The van der Waals surface area contributed by atoms with Crippen molar-refractivity contribution in [2.75, 3.05) is 0 Å². The van der Waals surface area contributed by atoms with Crippen molar-refractivity contribution in [3.63, 3.8) is 0 Å². The summed E-state index contributed by atoms with van der Waals surface area (Å²) < 4.78 is 2.17. The number of hydrogen-bond acceptors (Lipinski definition) is 2. The summed E-state index contributed by atoms with van der Waals surface area (Å²) in [5, 5.41) is 12.6. The van der Waals surface area contributed by atoms with E-state index in [-0.39, 0.29) is 0 Å². The number of hydrogen-bond donors (Lipinski definition) is 0. The van der Waals surface area contributed by atoms with Crippen molar-refractivity contribution in [2.45, 2.75) is 20.8 Å². The summed E-state index contributed by atoms with van der Waals surface area (Å²) in [7, 11) is 0. The highest BCUT2D eigenvalue weighted by Gasteiger charge is 2.15. The Hall–Kier alpha value is -3.20. The van der Waals surface area contributed by atoms with Gasteiger partial charge in [0.15, 0.2) is 11.5 Å². The van der Waals surface area contributed by atoms with E-state index in [0.29, 0.717) is 0 Å². The minimum absolute atomic E-state index is 0.885. The first-order chi connectivity index (χ1) is 12.8. The largest absolute Gasteiger partial charge is 0.274 e. The van der Waals surface area contributed by atoms with E-state index >= 15 is 0 Å². The maximum Gasteiger partial charge on any atom is 0.169 e. The van der Waals surface area contributed by atoms with Crippen LogP contribution in [0.5, 0.6) is 0 Å². The van der Waals surface area contributed by atoms with Gasteiger partial charge < -0.3 is 0 Å². The number of aryl methyl sites for hydroxylation is 1. The zero-order chi connectivity index (χ0) is 18.1. The second kappa shape index (κ2) is 6.60. The summed E-state index contributed by atoms with van der Waals surface area (Å²) in [4.78, 5) is 0. The normalized spacial score (nSPS) is 10.9. The van der Waals surface area contributed by atoms with Gasteiger partial charge in [-0.25, -0.2) is 0 Å². The third-order valence-electron chi connectivity index (χ3n) is 4.54. The molecule has 3 aromatic carbocycles. The molecule has 0 aliphatic heterocycles. The Morgan fingerprint density at radius 1 is 0.692 bits per heavy atom. The first-order valence-corrected chi connectivity index (χ1v) is 9.04. The Labute approximate surface area is 152 Å². The fourth-order valence-corrected chi connectivity index (χ4v) is 3.47. The molecule has 128 valence electrons. The van der Waals surface area contributed by atoms with Crippen LogP contribution in [-0.4, -0.2) is 14.6 Å². The molecule has 0 spiro atoms. The lowest BCUT2D eigenvalue weighted by Crippen LogP contribution is -1.94. The van der Waals surface area contributed by atoms with Crippen LogP contribution in [0.15, 0.2) is 72.8 Å². The van der Waals surface area contributed by atoms with Crippen molar-refractivity contribution in [2.24, 2.45) is 0 Å². The third-order valence-corrected chi connectivity index (χ3v) is 4.54. The summed E-state index contributed by atoms with van der Waals surface area (Å²) >= 11 is 0. The molecule has 0 saturated carbocycles. The van der Waals surface area contributed by atoms with Gasteiger partial charge in [0.2, 0.25) is 0 Å². The topological polar surface area (TPSA) is 30.2 Å². The maximum atomic E-state index is 4.52. The van der Waals surface area contributed by atoms with Gasteiger partial charge in [-0.1, -0.05) is 80.1 Å². The van der Waals surface area contributed by atoms with Crippen LogP contribution in [0.25, 0.3) is 38.7 Å². The molecule has 0 N–H and O–H groups in total. The van der Waals surface area contributed by atoms with E-state index in [0.717, 1.165) is 27.9 Å². The van der Waals surface area contributed by atoms with E-state index in [1.807, 2.05) is 13.8 Å². The van der Waals surface area contributed by atoms with Crippen LogP contribution >= 0.6 is 0 Å². The van der Waals surface area contributed by atoms with Gasteiger partial charge >= 0.3 is 0 Å². The molecule has 0 atom stereocenters. The van der Waals surface area contributed by atoms with Crippen LogP contribution in [0.2, 0.25) is 0 Å². The number of rotatable bonds is 1. The summed E-state index contributed by atoms with van der Waals surface area (Å²) in [6, 6.07) is 25.2. The van der Waals surface area contributed by atoms with E-state index in [9.17, 15) is 0 Å². The van der Waals surface area contributed by atoms with Crippen molar-refractivity contribution in [1.82, 2.24) is 14.6 Å². The minimum atomic E-state index is 0.885. The number of pyridine rings is 1. The Balaban J connectivity index is 0.000000814. The first kappa shape index (κ1) is 16.3. The average molecular weight is 339 g/mol. The highest BCUT2D eigenvalue weighted by molar-refractivity contribution is 6.12. The quantitative estimate of drug-likeness (QED) is 0.349. The molecule has 0 saturated heterocycles. The van der Waals surface area contributed by atoms with Crippen molar-refractivity contribution >= 4 is 27.3 Å². The molecule has 3 heteroatoms. The molecule has 0 fully saturated rings. The summed E-state index contributed by atoms with van der Waals surface area (Å²) in [5.41, 5.74) is 4.34. The number of aromatic nitrogens is 3. The number of para-hydroxylation sites is 1. The molecule has 2 aromatic heterocycles. The fourth-order valence-electron chi connectivity index (χ4n) is 3.47. The predicted molar refractivity (Wildman–Crippen MR) is 110 cm³/mol. The Morgan fingerprint density at radius 3 is 2.15 bits per heavy atom. The predicted octanol–water partition coefficient (Wildman–Crippen LogP) is 6.04. The van der Waals surface area contributed by atoms with Gasteiger partial charge in [0, 0.05) is 16.3 Å². The molecule has 0 amide bonds. The molecule has 0 radical (unpaired) electrons. The molecular weight excluding hydrogens is 318 g/mol. The lowest BCUT2D eigenvalue weighted by molar-refractivity contribution is 1.12. The van der Waals surface area contributed by atoms with Gasteiger partial charge in [-0.2, -0.15) is 0 Å². The number of benzene rings is 3. The van der Waals surface area contributed by atoms with Crippen molar-refractivity contribution in [1.29, 1.82) is 0 Å². The molecule has 5 rings (SSSR count). The molecule has 2 heterocycles. The third kappa shape index (κ3) is 2.44. The second-order valence-electron chi connectivity index (χ2n) is 6.11. The van der Waals surface area contributed by atoms with Crippen molar-refractivity contribution in [3.8, 4) is 11.4 Å². The van der Waals surface area contributed by atoms with Crippen LogP contribution in [0.1, 0.15) is 19.4 Å². The highest BCUT2D eigenvalue weighted by atomic mass is 15.2. The van der Waals surface area contributed by atoms with E-state index in [4.69, 9.17) is 0 Å². The lowest BCUT2D eigenvalue weighted by atomic mass is 10.1. The van der Waals surface area contributed by atoms with Gasteiger partial charge in [-0.05, 0) is 24.4 Å². The maximum absolute atomic E-state index is 4.52. The van der Waals surface area contributed by atoms with Crippen LogP contribution in [-0.2, 0) is 0 Å². The smallest absolute Gasteiger partial charge is 0.169 e. The number of fused-ring (bicyclic) bond motifs is 6. The van der Waals surface area contributed by atoms with Crippen LogP contribution in [0.4, 0.5) is 0 Å². The Bertz CT molecular complexity index is 1220. The Morgan fingerprint density at radius 2 is 1.38 bits per heavy atom. The molecule has 0 aliphatic rings. The van der Waals surface area contributed by atoms with Gasteiger partial charge in [0.05, 0.1) is 5.52 Å². The zero-order valence-corrected chi connectivity index (χ0v) is 15.3. The summed E-state index contributed by atoms with van der Waals surface area (Å²) in [6.07, 6.45) is 0. The molecule has 0 unspecified atom stereocenters. The van der Waals surface area contributed by atoms with E-state index in [1.165, 1.54) is 16.3 Å². The molecule has 3 nitrogen and oxygen atoms in total. The van der Waals surface area contributed by atoms with Gasteiger partial charge in [0.25, 0.3) is 0 Å². The van der Waals surface area contributed by atoms with Gasteiger partial charge in [-0.15, -0.1) is 10.2 Å². The van der Waals surface area contributed by atoms with Gasteiger partial charge in [0.1, 0.15) is 0 Å². The van der Waals surface area contributed by atoms with Gasteiger partial charge in [-0.3, -0.25) is 4.40 Å². The monoisotopic (exact) mass is 339 g/mol. The fraction of sp³-hybridized carbons (Fsp3) is 0.130. The van der Waals surface area contributed by atoms with Crippen LogP contribution in [0.3, 0.4) is 0 Å². The van der Waals surface area contributed by atoms with E-state index in [2.05, 4.69) is 94.3 Å². The molecule has 0 aliphatic carbocycles. The molecule has 5 aromatic rings. The Kier molecular flexibility index (Phi) is 4.13. The van der Waals surface area contributed by atoms with Crippen molar-refractivity contribution in [3.05, 3.63) is 78.4 Å². The van der Waals surface area contributed by atoms with E-state index < -0.39 is 0 Å². The van der Waals surface area contributed by atoms with Crippen LogP contribution < -0.4 is 0 Å². The highest BCUT2D eigenvalue weighted by Crippen LogP contribution is 2.31. The number of nitrogens with zero attached hydrogens (tertiary/aromatic N) is 3. The van der Waals surface area contributed by atoms with Crippen LogP contribution in [0, 0.1) is 6.92 Å². The molecular formula is C23H21N3.